The maximum Gasteiger partial charge on any atom is 0.334 e. The summed E-state index contributed by atoms with van der Waals surface area (Å²) in [7, 11) is 0. The molecular formula is C22H32O6. The van der Waals surface area contributed by atoms with Crippen LogP contribution in [-0.2, 0) is 19.1 Å². The van der Waals surface area contributed by atoms with Gasteiger partial charge >= 0.3 is 11.9 Å². The van der Waals surface area contributed by atoms with Gasteiger partial charge in [0.05, 0.1) is 11.7 Å². The summed E-state index contributed by atoms with van der Waals surface area (Å²) >= 11 is 0. The van der Waals surface area contributed by atoms with Gasteiger partial charge in [-0.2, -0.15) is 0 Å². The molecule has 5 atom stereocenters. The van der Waals surface area contributed by atoms with Crippen LogP contribution in [0.1, 0.15) is 59.8 Å². The molecule has 6 nitrogen and oxygen atoms in total. The summed E-state index contributed by atoms with van der Waals surface area (Å²) in [6, 6.07) is 0. The van der Waals surface area contributed by atoms with E-state index in [4.69, 9.17) is 9.47 Å². The molecule has 156 valence electrons. The Morgan fingerprint density at radius 1 is 1.32 bits per heavy atom. The standard InChI is InChI=1S/C22H32O6/c1-13-8-6-10-14(2)19(27-16(4)23)20-17(15(3)21(25)28-20)12-18(24)22(5,26)11-7-9-13/h9-10,17-20,24,26H,3,6-8,11-12H2,1-2,4-5H3/b13-9-,14-10-/t17-,18+,19+,20-,22-/m1/s1. The van der Waals surface area contributed by atoms with Crippen LogP contribution in [0, 0.1) is 5.92 Å². The van der Waals surface area contributed by atoms with Gasteiger partial charge in [0, 0.05) is 18.4 Å². The number of carbonyl (C=O) groups is 2. The van der Waals surface area contributed by atoms with Crippen LogP contribution in [0.4, 0.5) is 0 Å². The van der Waals surface area contributed by atoms with Crippen LogP contribution < -0.4 is 0 Å². The van der Waals surface area contributed by atoms with E-state index in [2.05, 4.69) is 12.7 Å². The van der Waals surface area contributed by atoms with E-state index in [1.807, 2.05) is 19.9 Å². The van der Waals surface area contributed by atoms with Crippen LogP contribution in [0.3, 0.4) is 0 Å². The molecule has 2 rings (SSSR count). The number of esters is 2. The van der Waals surface area contributed by atoms with Crippen molar-refractivity contribution in [3.63, 3.8) is 0 Å². The summed E-state index contributed by atoms with van der Waals surface area (Å²) in [5, 5.41) is 21.4. The molecule has 0 unspecified atom stereocenters. The third-order valence-corrected chi connectivity index (χ3v) is 5.73. The number of rotatable bonds is 1. The van der Waals surface area contributed by atoms with Crippen LogP contribution >= 0.6 is 0 Å². The highest BCUT2D eigenvalue weighted by molar-refractivity contribution is 5.91. The monoisotopic (exact) mass is 392 g/mol. The summed E-state index contributed by atoms with van der Waals surface area (Å²) in [5.41, 5.74) is 0.888. The third-order valence-electron chi connectivity index (χ3n) is 5.73. The first kappa shape index (κ1) is 22.4. The smallest absolute Gasteiger partial charge is 0.334 e. The fourth-order valence-electron chi connectivity index (χ4n) is 3.80. The number of aliphatic hydroxyl groups is 2. The van der Waals surface area contributed by atoms with Gasteiger partial charge in [0.2, 0.25) is 0 Å². The predicted octanol–water partition coefficient (Wildman–Crippen LogP) is 2.98. The molecule has 0 radical (unpaired) electrons. The molecule has 1 fully saturated rings. The van der Waals surface area contributed by atoms with Crippen molar-refractivity contribution < 1.29 is 29.3 Å². The number of allylic oxidation sites excluding steroid dienone is 3. The molecule has 0 amide bonds. The Morgan fingerprint density at radius 3 is 2.64 bits per heavy atom. The van der Waals surface area contributed by atoms with Crippen molar-refractivity contribution in [1.29, 1.82) is 0 Å². The molecule has 0 saturated carbocycles. The van der Waals surface area contributed by atoms with Gasteiger partial charge in [-0.3, -0.25) is 4.79 Å². The zero-order valence-corrected chi connectivity index (χ0v) is 17.2. The molecule has 0 spiro atoms. The second-order valence-electron chi connectivity index (χ2n) is 8.22. The van der Waals surface area contributed by atoms with E-state index in [0.29, 0.717) is 12.8 Å². The number of hydrogen-bond acceptors (Lipinski definition) is 6. The summed E-state index contributed by atoms with van der Waals surface area (Å²) in [6.07, 6.45) is 4.19. The fraction of sp³-hybridized carbons (Fsp3) is 0.636. The Morgan fingerprint density at radius 2 is 2.00 bits per heavy atom. The second kappa shape index (κ2) is 9.05. The van der Waals surface area contributed by atoms with Gasteiger partial charge in [0.15, 0.2) is 6.10 Å². The van der Waals surface area contributed by atoms with Gasteiger partial charge in [-0.25, -0.2) is 4.79 Å². The fourth-order valence-corrected chi connectivity index (χ4v) is 3.80. The number of fused-ring (bicyclic) bond motifs is 1. The molecule has 1 aliphatic heterocycles. The van der Waals surface area contributed by atoms with E-state index < -0.39 is 41.8 Å². The molecule has 2 N–H and O–H groups in total. The quantitative estimate of drug-likeness (QED) is 0.405. The van der Waals surface area contributed by atoms with E-state index >= 15 is 0 Å². The summed E-state index contributed by atoms with van der Waals surface area (Å²) in [4.78, 5) is 23.9. The maximum absolute atomic E-state index is 12.2. The van der Waals surface area contributed by atoms with Crippen LogP contribution in [0.25, 0.3) is 0 Å². The molecule has 28 heavy (non-hydrogen) atoms. The van der Waals surface area contributed by atoms with Crippen molar-refractivity contribution in [2.75, 3.05) is 0 Å². The Bertz CT molecular complexity index is 687. The van der Waals surface area contributed by atoms with Crippen LogP contribution in [0.5, 0.6) is 0 Å². The molecule has 0 aromatic heterocycles. The van der Waals surface area contributed by atoms with Crippen molar-refractivity contribution in [3.8, 4) is 0 Å². The Balaban J connectivity index is 2.43. The molecule has 2 aliphatic rings. The van der Waals surface area contributed by atoms with Gasteiger partial charge < -0.3 is 19.7 Å². The highest BCUT2D eigenvalue weighted by Gasteiger charge is 2.47. The van der Waals surface area contributed by atoms with Crippen molar-refractivity contribution in [3.05, 3.63) is 35.5 Å². The Hall–Kier alpha value is -1.92. The predicted molar refractivity (Wildman–Crippen MR) is 105 cm³/mol. The van der Waals surface area contributed by atoms with Crippen LogP contribution in [0.2, 0.25) is 0 Å². The van der Waals surface area contributed by atoms with Crippen molar-refractivity contribution in [2.45, 2.75) is 83.7 Å². The molecule has 1 saturated heterocycles. The lowest BCUT2D eigenvalue weighted by Crippen LogP contribution is -2.43. The average molecular weight is 392 g/mol. The van der Waals surface area contributed by atoms with Crippen molar-refractivity contribution in [2.24, 2.45) is 5.92 Å². The van der Waals surface area contributed by atoms with Gasteiger partial charge in [0.1, 0.15) is 6.10 Å². The largest absolute Gasteiger partial charge is 0.454 e. The van der Waals surface area contributed by atoms with Gasteiger partial charge in [-0.1, -0.05) is 24.3 Å². The lowest BCUT2D eigenvalue weighted by molar-refractivity contribution is -0.158. The van der Waals surface area contributed by atoms with Crippen LogP contribution in [-0.4, -0.2) is 46.1 Å². The number of aliphatic hydroxyl groups excluding tert-OH is 1. The zero-order chi connectivity index (χ0) is 21.1. The lowest BCUT2D eigenvalue weighted by atomic mass is 9.80. The van der Waals surface area contributed by atoms with E-state index in [9.17, 15) is 19.8 Å². The van der Waals surface area contributed by atoms with Gasteiger partial charge in [0.25, 0.3) is 0 Å². The van der Waals surface area contributed by atoms with Gasteiger partial charge in [-0.15, -0.1) is 0 Å². The number of carbonyl (C=O) groups excluding carboxylic acids is 2. The topological polar surface area (TPSA) is 93.1 Å². The molecule has 6 heteroatoms. The van der Waals surface area contributed by atoms with E-state index in [1.165, 1.54) is 12.5 Å². The minimum atomic E-state index is -1.32. The number of hydrogen-bond donors (Lipinski definition) is 2. The van der Waals surface area contributed by atoms with E-state index in [0.717, 1.165) is 18.4 Å². The van der Waals surface area contributed by atoms with E-state index in [-0.39, 0.29) is 12.0 Å². The molecule has 0 aromatic carbocycles. The Kier molecular flexibility index (Phi) is 7.23. The van der Waals surface area contributed by atoms with Crippen molar-refractivity contribution in [1.82, 2.24) is 0 Å². The van der Waals surface area contributed by atoms with Crippen LogP contribution in [0.15, 0.2) is 35.5 Å². The molecular weight excluding hydrogens is 360 g/mol. The zero-order valence-electron chi connectivity index (χ0n) is 17.2. The normalized spacial score (nSPS) is 38.9. The molecule has 0 bridgehead atoms. The first-order valence-corrected chi connectivity index (χ1v) is 9.82. The molecule has 1 heterocycles. The molecule has 1 aliphatic carbocycles. The first-order valence-electron chi connectivity index (χ1n) is 9.82. The second-order valence-corrected chi connectivity index (χ2v) is 8.22. The summed E-state index contributed by atoms with van der Waals surface area (Å²) in [5.74, 6) is -1.59. The number of ether oxygens (including phenoxy) is 2. The third kappa shape index (κ3) is 5.32. The maximum atomic E-state index is 12.2. The summed E-state index contributed by atoms with van der Waals surface area (Å²) in [6.45, 7) is 10.6. The van der Waals surface area contributed by atoms with Gasteiger partial charge in [-0.05, 0) is 58.4 Å². The highest BCUT2D eigenvalue weighted by atomic mass is 16.6. The molecule has 0 aromatic rings. The van der Waals surface area contributed by atoms with Crippen molar-refractivity contribution >= 4 is 11.9 Å². The lowest BCUT2D eigenvalue weighted by Gasteiger charge is -2.33. The minimum Gasteiger partial charge on any atom is -0.454 e. The Labute approximate surface area is 166 Å². The van der Waals surface area contributed by atoms with E-state index in [1.54, 1.807) is 6.92 Å². The average Bonchev–Trinajstić information content (AvgIpc) is 2.86. The highest BCUT2D eigenvalue weighted by Crippen LogP contribution is 2.38. The first-order chi connectivity index (χ1) is 13.0. The SMILES string of the molecule is C=C1C(=O)O[C@@H]2[C@@H]1C[C@H](O)[C@](C)(O)CC/C=C(/C)CC/C=C(/C)[C@@H]2OC(C)=O. The minimum absolute atomic E-state index is 0.0932. The summed E-state index contributed by atoms with van der Waals surface area (Å²) < 4.78 is 11.0.